The molecule has 0 atom stereocenters. The number of nitrogens with two attached hydrogens (primary N) is 1. The van der Waals surface area contributed by atoms with Gasteiger partial charge in [-0.3, -0.25) is 9.59 Å². The van der Waals surface area contributed by atoms with Gasteiger partial charge >= 0.3 is 0 Å². The highest BCUT2D eigenvalue weighted by Crippen LogP contribution is 2.15. The van der Waals surface area contributed by atoms with Crippen molar-refractivity contribution in [2.45, 2.75) is 0 Å². The molecule has 0 aliphatic carbocycles. The Bertz CT molecular complexity index is 629. The van der Waals surface area contributed by atoms with Crippen molar-refractivity contribution >= 4 is 22.9 Å². The molecule has 0 aliphatic rings. The van der Waals surface area contributed by atoms with Crippen LogP contribution in [0.2, 0.25) is 0 Å². The van der Waals surface area contributed by atoms with Crippen molar-refractivity contribution in [3.63, 3.8) is 0 Å². The molecule has 2 N–H and O–H groups in total. The van der Waals surface area contributed by atoms with E-state index in [1.807, 2.05) is 31.1 Å². The first-order valence-corrected chi connectivity index (χ1v) is 6.21. The van der Waals surface area contributed by atoms with Gasteiger partial charge in [-0.2, -0.15) is 0 Å². The van der Waals surface area contributed by atoms with E-state index in [-0.39, 0.29) is 0 Å². The molecule has 0 fully saturated rings. The SMILES string of the molecule is CN(C)c1ccc(C(=O)C(=O)c2ccc(N)cc2)cc1. The maximum atomic E-state index is 12.1. The number of hydrogen-bond acceptors (Lipinski definition) is 4. The molecule has 4 nitrogen and oxygen atoms in total. The third-order valence-corrected chi connectivity index (χ3v) is 3.02. The Hall–Kier alpha value is -2.62. The zero-order valence-electron chi connectivity index (χ0n) is 11.5. The van der Waals surface area contributed by atoms with Gasteiger partial charge in [-0.1, -0.05) is 0 Å². The summed E-state index contributed by atoms with van der Waals surface area (Å²) in [4.78, 5) is 26.1. The maximum Gasteiger partial charge on any atom is 0.233 e. The van der Waals surface area contributed by atoms with E-state index in [2.05, 4.69) is 0 Å². The number of ketones is 2. The highest BCUT2D eigenvalue weighted by Gasteiger charge is 2.18. The molecule has 0 aromatic heterocycles. The Kier molecular flexibility index (Phi) is 3.84. The normalized spacial score (nSPS) is 10.1. The quantitative estimate of drug-likeness (QED) is 0.525. The minimum Gasteiger partial charge on any atom is -0.399 e. The lowest BCUT2D eigenvalue weighted by atomic mass is 10.0. The second-order valence-corrected chi connectivity index (χ2v) is 4.72. The van der Waals surface area contributed by atoms with Crippen molar-refractivity contribution in [2.75, 3.05) is 24.7 Å². The highest BCUT2D eigenvalue weighted by molar-refractivity contribution is 6.49. The number of Topliss-reactive ketones (excluding diaryl/α,β-unsaturated/α-hetero) is 2. The fourth-order valence-corrected chi connectivity index (χ4v) is 1.81. The number of carbonyl (C=O) groups excluding carboxylic acids is 2. The molecule has 102 valence electrons. The van der Waals surface area contributed by atoms with Crippen LogP contribution in [0.4, 0.5) is 11.4 Å². The van der Waals surface area contributed by atoms with E-state index in [4.69, 9.17) is 5.73 Å². The van der Waals surface area contributed by atoms with Crippen LogP contribution in [0.25, 0.3) is 0 Å². The van der Waals surface area contributed by atoms with Crippen molar-refractivity contribution in [1.82, 2.24) is 0 Å². The number of nitrogens with zero attached hydrogens (tertiary/aromatic N) is 1. The summed E-state index contributed by atoms with van der Waals surface area (Å²) in [6.45, 7) is 0. The van der Waals surface area contributed by atoms with Gasteiger partial charge in [0.1, 0.15) is 0 Å². The van der Waals surface area contributed by atoms with Crippen LogP contribution in [0, 0.1) is 0 Å². The topological polar surface area (TPSA) is 63.4 Å². The summed E-state index contributed by atoms with van der Waals surface area (Å²) in [6.07, 6.45) is 0. The fourth-order valence-electron chi connectivity index (χ4n) is 1.81. The number of benzene rings is 2. The highest BCUT2D eigenvalue weighted by atomic mass is 16.2. The Morgan fingerprint density at radius 1 is 0.800 bits per heavy atom. The van der Waals surface area contributed by atoms with Crippen LogP contribution < -0.4 is 10.6 Å². The number of hydrogen-bond donors (Lipinski definition) is 1. The van der Waals surface area contributed by atoms with Crippen molar-refractivity contribution in [3.8, 4) is 0 Å². The smallest absolute Gasteiger partial charge is 0.233 e. The van der Waals surface area contributed by atoms with Crippen molar-refractivity contribution in [2.24, 2.45) is 0 Å². The van der Waals surface area contributed by atoms with Gasteiger partial charge in [-0.25, -0.2) is 0 Å². The van der Waals surface area contributed by atoms with Crippen molar-refractivity contribution < 1.29 is 9.59 Å². The van der Waals surface area contributed by atoms with E-state index in [1.54, 1.807) is 36.4 Å². The fraction of sp³-hybridized carbons (Fsp3) is 0.125. The molecule has 0 radical (unpaired) electrons. The Morgan fingerprint density at radius 2 is 1.20 bits per heavy atom. The monoisotopic (exact) mass is 268 g/mol. The zero-order chi connectivity index (χ0) is 14.7. The van der Waals surface area contributed by atoms with Gasteiger partial charge in [0.2, 0.25) is 11.6 Å². The molecule has 0 heterocycles. The lowest BCUT2D eigenvalue weighted by molar-refractivity contribution is 0.0817. The average Bonchev–Trinajstić information content (AvgIpc) is 2.46. The summed E-state index contributed by atoms with van der Waals surface area (Å²) >= 11 is 0. The number of nitrogen functional groups attached to an aromatic ring is 1. The van der Waals surface area contributed by atoms with E-state index >= 15 is 0 Å². The minimum absolute atomic E-state index is 0.348. The van der Waals surface area contributed by atoms with Crippen LogP contribution in [0.5, 0.6) is 0 Å². The summed E-state index contributed by atoms with van der Waals surface area (Å²) in [7, 11) is 3.83. The van der Waals surface area contributed by atoms with Gasteiger partial charge in [-0.15, -0.1) is 0 Å². The van der Waals surface area contributed by atoms with Gasteiger partial charge in [-0.05, 0) is 48.5 Å². The number of rotatable bonds is 4. The standard InChI is InChI=1S/C16H16N2O2/c1-18(2)14-9-5-12(6-10-14)16(20)15(19)11-3-7-13(17)8-4-11/h3-10H,17H2,1-2H3. The lowest BCUT2D eigenvalue weighted by Gasteiger charge is -2.12. The second kappa shape index (κ2) is 5.57. The van der Waals surface area contributed by atoms with Gasteiger partial charge in [0.25, 0.3) is 0 Å². The van der Waals surface area contributed by atoms with Gasteiger partial charge in [0, 0.05) is 36.6 Å². The van der Waals surface area contributed by atoms with Gasteiger partial charge < -0.3 is 10.6 Å². The van der Waals surface area contributed by atoms with Crippen LogP contribution in [-0.2, 0) is 0 Å². The molecule has 4 heteroatoms. The largest absolute Gasteiger partial charge is 0.399 e. The molecule has 2 rings (SSSR count). The molecule has 2 aromatic rings. The van der Waals surface area contributed by atoms with E-state index in [0.717, 1.165) is 5.69 Å². The average molecular weight is 268 g/mol. The van der Waals surface area contributed by atoms with E-state index in [0.29, 0.717) is 16.8 Å². The Balaban J connectivity index is 2.22. The van der Waals surface area contributed by atoms with Crippen LogP contribution in [0.3, 0.4) is 0 Å². The van der Waals surface area contributed by atoms with Crippen molar-refractivity contribution in [3.05, 3.63) is 59.7 Å². The minimum atomic E-state index is -0.525. The Morgan fingerprint density at radius 3 is 1.60 bits per heavy atom. The van der Waals surface area contributed by atoms with Gasteiger partial charge in [0.15, 0.2) is 0 Å². The molecule has 0 unspecified atom stereocenters. The first-order chi connectivity index (χ1) is 9.49. The molecule has 2 aromatic carbocycles. The summed E-state index contributed by atoms with van der Waals surface area (Å²) in [6, 6.07) is 13.3. The molecule has 0 spiro atoms. The van der Waals surface area contributed by atoms with E-state index < -0.39 is 11.6 Å². The van der Waals surface area contributed by atoms with Crippen LogP contribution in [0.15, 0.2) is 48.5 Å². The summed E-state index contributed by atoms with van der Waals surface area (Å²) < 4.78 is 0. The predicted molar refractivity (Wildman–Crippen MR) is 80.3 cm³/mol. The van der Waals surface area contributed by atoms with Crippen LogP contribution >= 0.6 is 0 Å². The van der Waals surface area contributed by atoms with E-state index in [9.17, 15) is 9.59 Å². The molecular formula is C16H16N2O2. The summed E-state index contributed by atoms with van der Waals surface area (Å²) in [5.41, 5.74) is 7.83. The third kappa shape index (κ3) is 2.85. The molecule has 0 aliphatic heterocycles. The number of carbonyl (C=O) groups is 2. The molecule has 20 heavy (non-hydrogen) atoms. The van der Waals surface area contributed by atoms with Gasteiger partial charge in [0.05, 0.1) is 0 Å². The molecular weight excluding hydrogens is 252 g/mol. The second-order valence-electron chi connectivity index (χ2n) is 4.72. The van der Waals surface area contributed by atoms with Crippen LogP contribution in [0.1, 0.15) is 20.7 Å². The zero-order valence-corrected chi connectivity index (χ0v) is 11.5. The Labute approximate surface area is 117 Å². The van der Waals surface area contributed by atoms with Crippen LogP contribution in [-0.4, -0.2) is 25.7 Å². The summed E-state index contributed by atoms with van der Waals surface area (Å²) in [5, 5.41) is 0. The number of anilines is 2. The first-order valence-electron chi connectivity index (χ1n) is 6.21. The summed E-state index contributed by atoms with van der Waals surface area (Å²) in [5.74, 6) is -1.04. The van der Waals surface area contributed by atoms with Crippen molar-refractivity contribution in [1.29, 1.82) is 0 Å². The molecule has 0 bridgehead atoms. The predicted octanol–water partition coefficient (Wildman–Crippen LogP) is 2.40. The lowest BCUT2D eigenvalue weighted by Crippen LogP contribution is -2.15. The third-order valence-electron chi connectivity index (χ3n) is 3.02. The molecule has 0 saturated heterocycles. The van der Waals surface area contributed by atoms with E-state index in [1.165, 1.54) is 0 Å². The maximum absolute atomic E-state index is 12.1. The first kappa shape index (κ1) is 13.8. The molecule has 0 saturated carbocycles. The molecule has 0 amide bonds.